The van der Waals surface area contributed by atoms with Crippen molar-refractivity contribution in [2.75, 3.05) is 0 Å². The minimum atomic E-state index is -0.521. The van der Waals surface area contributed by atoms with E-state index in [0.717, 1.165) is 25.0 Å². The van der Waals surface area contributed by atoms with Crippen molar-refractivity contribution in [1.82, 2.24) is 10.1 Å². The SMILES string of the molecule is CCC(N)(CC)c1noc(C2Cc3ccccc3O2)n1. The summed E-state index contributed by atoms with van der Waals surface area (Å²) in [6.45, 7) is 4.06. The van der Waals surface area contributed by atoms with Crippen LogP contribution in [0.1, 0.15) is 50.1 Å². The summed E-state index contributed by atoms with van der Waals surface area (Å²) >= 11 is 0. The second-order valence-corrected chi connectivity index (χ2v) is 5.24. The number of benzene rings is 1. The molecule has 1 aliphatic rings. The number of rotatable bonds is 4. The number of hydrogen-bond donors (Lipinski definition) is 1. The highest BCUT2D eigenvalue weighted by Crippen LogP contribution is 2.36. The Balaban J connectivity index is 1.83. The van der Waals surface area contributed by atoms with Crippen LogP contribution in [0.4, 0.5) is 0 Å². The van der Waals surface area contributed by atoms with Crippen molar-refractivity contribution in [1.29, 1.82) is 0 Å². The van der Waals surface area contributed by atoms with E-state index in [9.17, 15) is 0 Å². The Morgan fingerprint density at radius 2 is 2.05 bits per heavy atom. The Hall–Kier alpha value is -1.88. The van der Waals surface area contributed by atoms with Crippen molar-refractivity contribution in [2.45, 2.75) is 44.8 Å². The number of aromatic nitrogens is 2. The molecule has 2 heterocycles. The van der Waals surface area contributed by atoms with Gasteiger partial charge in [-0.3, -0.25) is 0 Å². The molecule has 0 fully saturated rings. The lowest BCUT2D eigenvalue weighted by atomic mass is 9.93. The molecule has 0 spiro atoms. The molecule has 5 heteroatoms. The van der Waals surface area contributed by atoms with Crippen LogP contribution < -0.4 is 10.5 Å². The average molecular weight is 273 g/mol. The van der Waals surface area contributed by atoms with Crippen LogP contribution in [0.2, 0.25) is 0 Å². The van der Waals surface area contributed by atoms with E-state index < -0.39 is 5.54 Å². The normalized spacial score (nSPS) is 17.9. The zero-order valence-corrected chi connectivity index (χ0v) is 11.8. The summed E-state index contributed by atoms with van der Waals surface area (Å²) < 4.78 is 11.2. The topological polar surface area (TPSA) is 74.2 Å². The molecule has 0 saturated heterocycles. The molecule has 1 aromatic carbocycles. The molecule has 0 aliphatic carbocycles. The van der Waals surface area contributed by atoms with E-state index >= 15 is 0 Å². The van der Waals surface area contributed by atoms with Gasteiger partial charge in [-0.15, -0.1) is 0 Å². The molecule has 1 aromatic heterocycles. The van der Waals surface area contributed by atoms with Crippen LogP contribution in [0.25, 0.3) is 0 Å². The first-order valence-electron chi connectivity index (χ1n) is 7.04. The average Bonchev–Trinajstić information content (AvgIpc) is 3.12. The van der Waals surface area contributed by atoms with Crippen molar-refractivity contribution < 1.29 is 9.26 Å². The zero-order valence-electron chi connectivity index (χ0n) is 11.8. The summed E-state index contributed by atoms with van der Waals surface area (Å²) in [6, 6.07) is 7.97. The van der Waals surface area contributed by atoms with E-state index in [2.05, 4.69) is 16.2 Å². The maximum absolute atomic E-state index is 6.29. The fraction of sp³-hybridized carbons (Fsp3) is 0.467. The molecule has 5 nitrogen and oxygen atoms in total. The van der Waals surface area contributed by atoms with Gasteiger partial charge in [-0.25, -0.2) is 0 Å². The quantitative estimate of drug-likeness (QED) is 0.927. The lowest BCUT2D eigenvalue weighted by Crippen LogP contribution is -2.36. The van der Waals surface area contributed by atoms with Crippen molar-refractivity contribution >= 4 is 0 Å². The van der Waals surface area contributed by atoms with E-state index in [0.29, 0.717) is 11.7 Å². The monoisotopic (exact) mass is 273 g/mol. The molecule has 0 bridgehead atoms. The van der Waals surface area contributed by atoms with Gasteiger partial charge in [-0.2, -0.15) is 4.98 Å². The van der Waals surface area contributed by atoms with E-state index in [-0.39, 0.29) is 6.10 Å². The Labute approximate surface area is 118 Å². The summed E-state index contributed by atoms with van der Waals surface area (Å²) in [6.07, 6.45) is 2.10. The largest absolute Gasteiger partial charge is 0.480 e. The third kappa shape index (κ3) is 2.08. The minimum absolute atomic E-state index is 0.202. The third-order valence-corrected chi connectivity index (χ3v) is 4.07. The zero-order chi connectivity index (χ0) is 14.2. The molecule has 0 saturated carbocycles. The van der Waals surface area contributed by atoms with Gasteiger partial charge in [-0.1, -0.05) is 37.2 Å². The maximum Gasteiger partial charge on any atom is 0.268 e. The summed E-state index contributed by atoms with van der Waals surface area (Å²) in [5, 5.41) is 4.05. The number of hydrogen-bond acceptors (Lipinski definition) is 5. The Bertz CT molecular complexity index is 580. The van der Waals surface area contributed by atoms with Gasteiger partial charge in [0.05, 0.1) is 5.54 Å². The van der Waals surface area contributed by atoms with Gasteiger partial charge in [0, 0.05) is 6.42 Å². The molecule has 0 amide bonds. The van der Waals surface area contributed by atoms with Gasteiger partial charge in [-0.05, 0) is 24.5 Å². The summed E-state index contributed by atoms with van der Waals surface area (Å²) in [4.78, 5) is 4.46. The molecule has 106 valence electrons. The van der Waals surface area contributed by atoms with E-state index in [1.165, 1.54) is 5.56 Å². The molecule has 1 unspecified atom stereocenters. The molecule has 1 atom stereocenters. The predicted octanol–water partition coefficient (Wildman–Crippen LogP) is 2.72. The van der Waals surface area contributed by atoms with Crippen LogP contribution >= 0.6 is 0 Å². The Morgan fingerprint density at radius 1 is 1.30 bits per heavy atom. The molecule has 1 aliphatic heterocycles. The van der Waals surface area contributed by atoms with E-state index in [1.807, 2.05) is 32.0 Å². The third-order valence-electron chi connectivity index (χ3n) is 4.07. The first kappa shape index (κ1) is 13.1. The Kier molecular flexibility index (Phi) is 3.22. The number of nitrogens with two attached hydrogens (primary N) is 1. The number of para-hydroxylation sites is 1. The van der Waals surface area contributed by atoms with E-state index in [1.54, 1.807) is 0 Å². The van der Waals surface area contributed by atoms with Crippen LogP contribution in [0, 0.1) is 0 Å². The summed E-state index contributed by atoms with van der Waals surface area (Å²) in [5.74, 6) is 1.97. The second kappa shape index (κ2) is 4.90. The number of fused-ring (bicyclic) bond motifs is 1. The van der Waals surface area contributed by atoms with Crippen molar-refractivity contribution in [2.24, 2.45) is 5.73 Å². The lowest BCUT2D eigenvalue weighted by Gasteiger charge is -2.21. The first-order chi connectivity index (χ1) is 9.66. The maximum atomic E-state index is 6.29. The summed E-state index contributed by atoms with van der Waals surface area (Å²) in [5.41, 5.74) is 6.94. The van der Waals surface area contributed by atoms with Gasteiger partial charge in [0.15, 0.2) is 11.9 Å². The Morgan fingerprint density at radius 3 is 2.75 bits per heavy atom. The molecule has 20 heavy (non-hydrogen) atoms. The van der Waals surface area contributed by atoms with Gasteiger partial charge >= 0.3 is 0 Å². The molecule has 2 aromatic rings. The standard InChI is InChI=1S/C15H19N3O2/c1-3-15(16,4-2)14-17-13(20-18-14)12-9-10-7-5-6-8-11(10)19-12/h5-8,12H,3-4,9,16H2,1-2H3. The number of ether oxygens (including phenoxy) is 1. The highest BCUT2D eigenvalue weighted by atomic mass is 16.5. The van der Waals surface area contributed by atoms with Gasteiger partial charge in [0.2, 0.25) is 0 Å². The van der Waals surface area contributed by atoms with Gasteiger partial charge in [0.25, 0.3) is 5.89 Å². The van der Waals surface area contributed by atoms with Crippen molar-refractivity contribution in [3.8, 4) is 5.75 Å². The summed E-state index contributed by atoms with van der Waals surface area (Å²) in [7, 11) is 0. The second-order valence-electron chi connectivity index (χ2n) is 5.24. The van der Waals surface area contributed by atoms with Crippen LogP contribution in [-0.2, 0) is 12.0 Å². The number of nitrogens with zero attached hydrogens (tertiary/aromatic N) is 2. The predicted molar refractivity (Wildman–Crippen MR) is 74.3 cm³/mol. The molecular formula is C15H19N3O2. The smallest absolute Gasteiger partial charge is 0.268 e. The van der Waals surface area contributed by atoms with Gasteiger partial charge in [0.1, 0.15) is 5.75 Å². The fourth-order valence-corrected chi connectivity index (χ4v) is 2.45. The minimum Gasteiger partial charge on any atom is -0.480 e. The lowest BCUT2D eigenvalue weighted by molar-refractivity contribution is 0.183. The molecule has 0 radical (unpaired) electrons. The highest BCUT2D eigenvalue weighted by Gasteiger charge is 2.33. The highest BCUT2D eigenvalue weighted by molar-refractivity contribution is 5.37. The molecule has 2 N–H and O–H groups in total. The van der Waals surface area contributed by atoms with Crippen LogP contribution in [0.15, 0.2) is 28.8 Å². The van der Waals surface area contributed by atoms with Crippen LogP contribution in [0.3, 0.4) is 0 Å². The van der Waals surface area contributed by atoms with Crippen LogP contribution in [-0.4, -0.2) is 10.1 Å². The molecule has 3 rings (SSSR count). The fourth-order valence-electron chi connectivity index (χ4n) is 2.45. The van der Waals surface area contributed by atoms with Gasteiger partial charge < -0.3 is 15.0 Å². The van der Waals surface area contributed by atoms with Crippen molar-refractivity contribution in [3.63, 3.8) is 0 Å². The van der Waals surface area contributed by atoms with Crippen LogP contribution in [0.5, 0.6) is 5.75 Å². The molecular weight excluding hydrogens is 254 g/mol. The van der Waals surface area contributed by atoms with Crippen molar-refractivity contribution in [3.05, 3.63) is 41.5 Å². The van der Waals surface area contributed by atoms with E-state index in [4.69, 9.17) is 15.0 Å². The first-order valence-corrected chi connectivity index (χ1v) is 7.04.